The first-order chi connectivity index (χ1) is 11.2. The summed E-state index contributed by atoms with van der Waals surface area (Å²) in [6.45, 7) is 3.23. The molecule has 0 spiro atoms. The van der Waals surface area contributed by atoms with Crippen molar-refractivity contribution in [3.63, 3.8) is 0 Å². The number of hydrogen-bond donors (Lipinski definition) is 0. The first-order valence-corrected chi connectivity index (χ1v) is 8.50. The van der Waals surface area contributed by atoms with Crippen molar-refractivity contribution in [2.45, 2.75) is 19.9 Å². The number of pyridine rings is 1. The molecule has 0 fully saturated rings. The monoisotopic (exact) mass is 325 g/mol. The van der Waals surface area contributed by atoms with E-state index in [-0.39, 0.29) is 5.56 Å². The van der Waals surface area contributed by atoms with E-state index in [1.807, 2.05) is 30.3 Å². The minimum Gasteiger partial charge on any atom is -0.493 e. The summed E-state index contributed by atoms with van der Waals surface area (Å²) < 4.78 is 7.39. The second-order valence-corrected chi connectivity index (χ2v) is 6.47. The molecule has 0 amide bonds. The van der Waals surface area contributed by atoms with E-state index in [9.17, 15) is 4.79 Å². The molecule has 0 N–H and O–H groups in total. The lowest BCUT2D eigenvalue weighted by Gasteiger charge is -2.10. The Bertz CT molecular complexity index is 821. The summed E-state index contributed by atoms with van der Waals surface area (Å²) in [6, 6.07) is 15.7. The van der Waals surface area contributed by atoms with Crippen LogP contribution in [0.3, 0.4) is 0 Å². The molecule has 118 valence electrons. The molecule has 0 radical (unpaired) electrons. The Morgan fingerprint density at radius 3 is 2.74 bits per heavy atom. The molecule has 3 rings (SSSR count). The number of rotatable bonds is 6. The van der Waals surface area contributed by atoms with Crippen molar-refractivity contribution in [1.29, 1.82) is 0 Å². The zero-order valence-electron chi connectivity index (χ0n) is 13.1. The molecule has 0 bridgehead atoms. The van der Waals surface area contributed by atoms with Crippen LogP contribution in [0.1, 0.15) is 16.0 Å². The average molecular weight is 325 g/mol. The molecule has 1 aromatic carbocycles. The highest BCUT2D eigenvalue weighted by molar-refractivity contribution is 7.09. The third-order valence-corrected chi connectivity index (χ3v) is 4.70. The summed E-state index contributed by atoms with van der Waals surface area (Å²) in [6.07, 6.45) is 2.67. The maximum Gasteiger partial charge on any atom is 0.254 e. The Hall–Kier alpha value is -2.33. The Labute approximate surface area is 139 Å². The van der Waals surface area contributed by atoms with Crippen LogP contribution >= 0.6 is 11.3 Å². The molecule has 0 atom stereocenters. The van der Waals surface area contributed by atoms with Crippen molar-refractivity contribution in [2.24, 2.45) is 0 Å². The van der Waals surface area contributed by atoms with Crippen molar-refractivity contribution in [3.8, 4) is 5.75 Å². The van der Waals surface area contributed by atoms with Gasteiger partial charge in [0, 0.05) is 23.6 Å². The van der Waals surface area contributed by atoms with E-state index in [4.69, 9.17) is 4.74 Å². The van der Waals surface area contributed by atoms with Crippen LogP contribution in [0.25, 0.3) is 0 Å². The van der Waals surface area contributed by atoms with Gasteiger partial charge in [-0.25, -0.2) is 0 Å². The van der Waals surface area contributed by atoms with E-state index >= 15 is 0 Å². The molecule has 0 unspecified atom stereocenters. The number of aryl methyl sites for hydroxylation is 1. The molecule has 0 saturated carbocycles. The maximum absolute atomic E-state index is 12.2. The number of aromatic nitrogens is 1. The third kappa shape index (κ3) is 4.11. The zero-order valence-corrected chi connectivity index (χ0v) is 13.9. The number of nitrogens with zero attached hydrogens (tertiary/aromatic N) is 1. The van der Waals surface area contributed by atoms with Gasteiger partial charge in [-0.15, -0.1) is 11.3 Å². The smallest absolute Gasteiger partial charge is 0.254 e. The summed E-state index contributed by atoms with van der Waals surface area (Å²) >= 11 is 1.72. The quantitative estimate of drug-likeness (QED) is 0.688. The normalized spacial score (nSPS) is 10.7. The van der Waals surface area contributed by atoms with Crippen molar-refractivity contribution in [2.75, 3.05) is 6.61 Å². The lowest BCUT2D eigenvalue weighted by molar-refractivity contribution is 0.321. The van der Waals surface area contributed by atoms with E-state index in [2.05, 4.69) is 24.4 Å². The Kier molecular flexibility index (Phi) is 4.93. The topological polar surface area (TPSA) is 31.2 Å². The third-order valence-electron chi connectivity index (χ3n) is 3.77. The predicted molar refractivity (Wildman–Crippen MR) is 94.5 cm³/mol. The molecule has 0 saturated heterocycles. The maximum atomic E-state index is 12.2. The van der Waals surface area contributed by atoms with E-state index in [1.165, 1.54) is 10.4 Å². The van der Waals surface area contributed by atoms with Gasteiger partial charge in [0.25, 0.3) is 5.56 Å². The highest BCUT2D eigenvalue weighted by atomic mass is 32.1. The number of benzene rings is 1. The van der Waals surface area contributed by atoms with Gasteiger partial charge in [-0.1, -0.05) is 30.3 Å². The van der Waals surface area contributed by atoms with Gasteiger partial charge in [0.15, 0.2) is 0 Å². The summed E-state index contributed by atoms with van der Waals surface area (Å²) in [5.41, 5.74) is 2.30. The molecule has 4 heteroatoms. The van der Waals surface area contributed by atoms with Gasteiger partial charge in [0.1, 0.15) is 5.75 Å². The minimum absolute atomic E-state index is 0.0399. The number of ether oxygens (including phenoxy) is 1. The second-order valence-electron chi connectivity index (χ2n) is 5.43. The van der Waals surface area contributed by atoms with Crippen molar-refractivity contribution in [1.82, 2.24) is 4.57 Å². The molecular formula is C19H19NO2S. The SMILES string of the molecule is Cc1ccccc1Cn1ccc(OCCc2cccs2)cc1=O. The highest BCUT2D eigenvalue weighted by Gasteiger charge is 2.03. The molecule has 2 aromatic heterocycles. The summed E-state index contributed by atoms with van der Waals surface area (Å²) in [4.78, 5) is 13.5. The van der Waals surface area contributed by atoms with Crippen LogP contribution in [0.15, 0.2) is 64.9 Å². The molecular weight excluding hydrogens is 306 g/mol. The summed E-state index contributed by atoms with van der Waals surface area (Å²) in [7, 11) is 0. The first-order valence-electron chi connectivity index (χ1n) is 7.62. The Morgan fingerprint density at radius 2 is 2.00 bits per heavy atom. The van der Waals surface area contributed by atoms with Crippen LogP contribution in [0.4, 0.5) is 0 Å². The van der Waals surface area contributed by atoms with Crippen molar-refractivity contribution in [3.05, 3.63) is 86.5 Å². The van der Waals surface area contributed by atoms with Crippen molar-refractivity contribution >= 4 is 11.3 Å². The van der Waals surface area contributed by atoms with Gasteiger partial charge in [-0.2, -0.15) is 0 Å². The van der Waals surface area contributed by atoms with Crippen LogP contribution in [-0.2, 0) is 13.0 Å². The number of hydrogen-bond acceptors (Lipinski definition) is 3. The molecule has 0 aliphatic rings. The van der Waals surface area contributed by atoms with E-state index < -0.39 is 0 Å². The lowest BCUT2D eigenvalue weighted by atomic mass is 10.1. The Morgan fingerprint density at radius 1 is 1.13 bits per heavy atom. The van der Waals surface area contributed by atoms with Crippen LogP contribution < -0.4 is 10.3 Å². The molecule has 23 heavy (non-hydrogen) atoms. The van der Waals surface area contributed by atoms with Gasteiger partial charge >= 0.3 is 0 Å². The summed E-state index contributed by atoms with van der Waals surface area (Å²) in [5, 5.41) is 2.06. The zero-order chi connectivity index (χ0) is 16.1. The molecule has 3 aromatic rings. The van der Waals surface area contributed by atoms with Gasteiger partial charge in [-0.05, 0) is 35.6 Å². The van der Waals surface area contributed by atoms with Crippen LogP contribution in [0.5, 0.6) is 5.75 Å². The Balaban J connectivity index is 1.64. The molecule has 0 aliphatic heterocycles. The first kappa shape index (κ1) is 15.6. The summed E-state index contributed by atoms with van der Waals surface area (Å²) in [5.74, 6) is 0.632. The standard InChI is InChI=1S/C19H19NO2S/c1-15-5-2-3-6-16(15)14-20-10-8-17(13-19(20)21)22-11-9-18-7-4-12-23-18/h2-8,10,12-13H,9,11,14H2,1H3. The van der Waals surface area contributed by atoms with E-state index in [0.29, 0.717) is 18.9 Å². The van der Waals surface area contributed by atoms with Gasteiger partial charge in [0.2, 0.25) is 0 Å². The van der Waals surface area contributed by atoms with Gasteiger partial charge in [0.05, 0.1) is 13.2 Å². The fraction of sp³-hybridized carbons (Fsp3) is 0.211. The fourth-order valence-electron chi connectivity index (χ4n) is 2.41. The van der Waals surface area contributed by atoms with Crippen LogP contribution in [0.2, 0.25) is 0 Å². The molecule has 2 heterocycles. The van der Waals surface area contributed by atoms with Crippen LogP contribution in [0, 0.1) is 6.92 Å². The second kappa shape index (κ2) is 7.29. The molecule has 3 nitrogen and oxygen atoms in total. The van der Waals surface area contributed by atoms with Gasteiger partial charge in [-0.3, -0.25) is 4.79 Å². The predicted octanol–water partition coefficient (Wildman–Crippen LogP) is 3.89. The van der Waals surface area contributed by atoms with Gasteiger partial charge < -0.3 is 9.30 Å². The largest absolute Gasteiger partial charge is 0.493 e. The highest BCUT2D eigenvalue weighted by Crippen LogP contribution is 2.12. The van der Waals surface area contributed by atoms with Crippen LogP contribution in [-0.4, -0.2) is 11.2 Å². The number of thiophene rings is 1. The van der Waals surface area contributed by atoms with Crippen molar-refractivity contribution < 1.29 is 4.74 Å². The lowest BCUT2D eigenvalue weighted by Crippen LogP contribution is -2.19. The fourth-order valence-corrected chi connectivity index (χ4v) is 3.10. The molecule has 0 aliphatic carbocycles. The van der Waals surface area contributed by atoms with E-state index in [1.54, 1.807) is 28.2 Å². The average Bonchev–Trinajstić information content (AvgIpc) is 3.05. The minimum atomic E-state index is -0.0399. The van der Waals surface area contributed by atoms with E-state index in [0.717, 1.165) is 12.0 Å².